The van der Waals surface area contributed by atoms with E-state index in [1.165, 1.54) is 0 Å². The fourth-order valence-electron chi connectivity index (χ4n) is 3.51. The summed E-state index contributed by atoms with van der Waals surface area (Å²) in [6.07, 6.45) is 1.69. The molecular weight excluding hydrogens is 354 g/mol. The Hall–Kier alpha value is -3.34. The maximum atomic E-state index is 13.0. The van der Waals surface area contributed by atoms with Crippen LogP contribution in [0.4, 0.5) is 0 Å². The van der Waals surface area contributed by atoms with E-state index in [1.54, 1.807) is 6.07 Å². The van der Waals surface area contributed by atoms with Crippen LogP contribution < -0.4 is 10.1 Å². The number of carbonyl (C=O) groups excluding carboxylic acids is 1. The Morgan fingerprint density at radius 3 is 2.36 bits per heavy atom. The van der Waals surface area contributed by atoms with Crippen molar-refractivity contribution in [1.82, 2.24) is 5.32 Å². The number of benzene rings is 3. The van der Waals surface area contributed by atoms with Gasteiger partial charge in [-0.1, -0.05) is 60.7 Å². The van der Waals surface area contributed by atoms with Gasteiger partial charge in [-0.15, -0.1) is 0 Å². The molecule has 1 fully saturated rings. The van der Waals surface area contributed by atoms with Crippen LogP contribution in [-0.4, -0.2) is 22.5 Å². The number of amides is 1. The minimum absolute atomic E-state index is 0.319. The highest BCUT2D eigenvalue weighted by Gasteiger charge is 2.46. The summed E-state index contributed by atoms with van der Waals surface area (Å²) in [5.41, 5.74) is 0.171. The molecule has 0 atom stereocenters. The van der Waals surface area contributed by atoms with Gasteiger partial charge >= 0.3 is 5.97 Å². The quantitative estimate of drug-likeness (QED) is 0.678. The molecule has 0 heterocycles. The van der Waals surface area contributed by atoms with Gasteiger partial charge in [0.2, 0.25) is 0 Å². The van der Waals surface area contributed by atoms with E-state index in [2.05, 4.69) is 5.32 Å². The van der Waals surface area contributed by atoms with Crippen molar-refractivity contribution in [2.75, 3.05) is 0 Å². The number of carbonyl (C=O) groups is 2. The van der Waals surface area contributed by atoms with Gasteiger partial charge in [-0.2, -0.15) is 0 Å². The highest BCUT2D eigenvalue weighted by molar-refractivity contribution is 6.05. The molecule has 1 amide bonds. The van der Waals surface area contributed by atoms with Crippen molar-refractivity contribution in [3.05, 3.63) is 77.9 Å². The predicted octanol–water partition coefficient (Wildman–Crippen LogP) is 4.16. The van der Waals surface area contributed by atoms with Crippen molar-refractivity contribution in [2.45, 2.75) is 31.4 Å². The molecule has 142 valence electrons. The number of hydrogen-bond donors (Lipinski definition) is 2. The van der Waals surface area contributed by atoms with Gasteiger partial charge in [0, 0.05) is 5.39 Å². The van der Waals surface area contributed by atoms with E-state index in [-0.39, 0.29) is 0 Å². The largest absolute Gasteiger partial charge is 0.487 e. The van der Waals surface area contributed by atoms with Crippen LogP contribution in [0.5, 0.6) is 5.75 Å². The number of carboxylic acid groups (broad SMARTS) is 1. The molecule has 3 aromatic carbocycles. The van der Waals surface area contributed by atoms with Gasteiger partial charge in [-0.05, 0) is 36.3 Å². The monoisotopic (exact) mass is 375 g/mol. The summed E-state index contributed by atoms with van der Waals surface area (Å²) in [6.45, 7) is 0.319. The van der Waals surface area contributed by atoms with Crippen LogP contribution >= 0.6 is 0 Å². The van der Waals surface area contributed by atoms with Crippen molar-refractivity contribution in [1.29, 1.82) is 0 Å². The summed E-state index contributed by atoms with van der Waals surface area (Å²) >= 11 is 0. The first-order chi connectivity index (χ1) is 13.6. The van der Waals surface area contributed by atoms with Crippen molar-refractivity contribution in [3.8, 4) is 5.75 Å². The first-order valence-electron chi connectivity index (χ1n) is 9.33. The first kappa shape index (κ1) is 18.0. The third-order valence-corrected chi connectivity index (χ3v) is 5.32. The molecule has 0 aliphatic heterocycles. The maximum absolute atomic E-state index is 13.0. The Labute approximate surface area is 162 Å². The summed E-state index contributed by atoms with van der Waals surface area (Å²) in [6, 6.07) is 21.0. The van der Waals surface area contributed by atoms with Crippen LogP contribution in [0, 0.1) is 0 Å². The van der Waals surface area contributed by atoms with E-state index in [4.69, 9.17) is 4.74 Å². The van der Waals surface area contributed by atoms with E-state index >= 15 is 0 Å². The number of fused-ring (bicyclic) bond motifs is 1. The van der Waals surface area contributed by atoms with E-state index in [0.29, 0.717) is 30.8 Å². The average Bonchev–Trinajstić information content (AvgIpc) is 2.69. The second kappa shape index (κ2) is 7.35. The average molecular weight is 375 g/mol. The van der Waals surface area contributed by atoms with E-state index < -0.39 is 17.4 Å². The normalized spacial score (nSPS) is 14.9. The molecule has 3 aromatic rings. The fourth-order valence-corrected chi connectivity index (χ4v) is 3.51. The lowest BCUT2D eigenvalue weighted by molar-refractivity contribution is -0.148. The predicted molar refractivity (Wildman–Crippen MR) is 106 cm³/mol. The molecule has 4 rings (SSSR count). The summed E-state index contributed by atoms with van der Waals surface area (Å²) in [4.78, 5) is 24.6. The fraction of sp³-hybridized carbons (Fsp3) is 0.217. The Morgan fingerprint density at radius 1 is 0.964 bits per heavy atom. The summed E-state index contributed by atoms with van der Waals surface area (Å²) in [5, 5.41) is 14.0. The van der Waals surface area contributed by atoms with Crippen molar-refractivity contribution < 1.29 is 19.4 Å². The van der Waals surface area contributed by atoms with Crippen LogP contribution in [0.2, 0.25) is 0 Å². The van der Waals surface area contributed by atoms with Gasteiger partial charge in [-0.25, -0.2) is 4.79 Å². The lowest BCUT2D eigenvalue weighted by Crippen LogP contribution is -2.59. The van der Waals surface area contributed by atoms with Crippen LogP contribution in [-0.2, 0) is 11.4 Å². The second-order valence-corrected chi connectivity index (χ2v) is 7.13. The minimum Gasteiger partial charge on any atom is -0.487 e. The standard InChI is InChI=1S/C23H21NO4/c25-21(24-23(22(26)27)13-6-14-23)19-12-11-17-9-4-5-10-18(17)20(19)28-15-16-7-2-1-3-8-16/h1-5,7-12H,6,13-15H2,(H,24,25)(H,26,27). The molecule has 28 heavy (non-hydrogen) atoms. The van der Waals surface area contributed by atoms with Gasteiger partial charge in [0.25, 0.3) is 5.91 Å². The molecule has 0 bridgehead atoms. The van der Waals surface area contributed by atoms with Crippen molar-refractivity contribution in [2.24, 2.45) is 0 Å². The summed E-state index contributed by atoms with van der Waals surface area (Å²) in [7, 11) is 0. The van der Waals surface area contributed by atoms with Gasteiger partial charge in [0.1, 0.15) is 17.9 Å². The molecule has 5 nitrogen and oxygen atoms in total. The number of aliphatic carboxylic acids is 1. The first-order valence-corrected chi connectivity index (χ1v) is 9.33. The Bertz CT molecular complexity index is 1030. The number of hydrogen-bond acceptors (Lipinski definition) is 3. The molecule has 0 unspecified atom stereocenters. The number of nitrogens with one attached hydrogen (secondary N) is 1. The highest BCUT2D eigenvalue weighted by Crippen LogP contribution is 2.35. The summed E-state index contributed by atoms with van der Waals surface area (Å²) in [5.74, 6) is -0.935. The van der Waals surface area contributed by atoms with Gasteiger partial charge in [0.05, 0.1) is 5.56 Å². The highest BCUT2D eigenvalue weighted by atomic mass is 16.5. The molecule has 0 aromatic heterocycles. The number of carboxylic acids is 1. The van der Waals surface area contributed by atoms with E-state index in [1.807, 2.05) is 60.7 Å². The molecule has 1 aliphatic carbocycles. The minimum atomic E-state index is -1.17. The third-order valence-electron chi connectivity index (χ3n) is 5.32. The lowest BCUT2D eigenvalue weighted by atomic mass is 9.76. The van der Waals surface area contributed by atoms with Gasteiger partial charge in [-0.3, -0.25) is 4.79 Å². The van der Waals surface area contributed by atoms with Crippen LogP contribution in [0.3, 0.4) is 0 Å². The van der Waals surface area contributed by atoms with Crippen LogP contribution in [0.25, 0.3) is 10.8 Å². The molecule has 5 heteroatoms. The number of rotatable bonds is 6. The van der Waals surface area contributed by atoms with Crippen molar-refractivity contribution >= 4 is 22.6 Å². The zero-order valence-electron chi connectivity index (χ0n) is 15.4. The molecule has 0 saturated heterocycles. The Balaban J connectivity index is 1.69. The zero-order valence-corrected chi connectivity index (χ0v) is 15.4. The number of ether oxygens (including phenoxy) is 1. The van der Waals surface area contributed by atoms with E-state index in [9.17, 15) is 14.7 Å². The van der Waals surface area contributed by atoms with E-state index in [0.717, 1.165) is 22.8 Å². The van der Waals surface area contributed by atoms with Crippen molar-refractivity contribution in [3.63, 3.8) is 0 Å². The third kappa shape index (κ3) is 3.31. The Morgan fingerprint density at radius 2 is 1.68 bits per heavy atom. The Kier molecular flexibility index (Phi) is 4.74. The van der Waals surface area contributed by atoms with Crippen LogP contribution in [0.15, 0.2) is 66.7 Å². The van der Waals surface area contributed by atoms with Gasteiger partial charge < -0.3 is 15.2 Å². The molecule has 0 spiro atoms. The zero-order chi connectivity index (χ0) is 19.6. The van der Waals surface area contributed by atoms with Crippen LogP contribution in [0.1, 0.15) is 35.2 Å². The topological polar surface area (TPSA) is 75.6 Å². The molecule has 2 N–H and O–H groups in total. The molecule has 0 radical (unpaired) electrons. The molecule has 1 aliphatic rings. The smallest absolute Gasteiger partial charge is 0.329 e. The lowest BCUT2D eigenvalue weighted by Gasteiger charge is -2.38. The second-order valence-electron chi connectivity index (χ2n) is 7.13. The molecular formula is C23H21NO4. The molecule has 1 saturated carbocycles. The van der Waals surface area contributed by atoms with Gasteiger partial charge in [0.15, 0.2) is 0 Å². The SMILES string of the molecule is O=C(NC1(C(=O)O)CCC1)c1ccc2ccccc2c1OCc1ccccc1. The maximum Gasteiger partial charge on any atom is 0.329 e. The summed E-state index contributed by atoms with van der Waals surface area (Å²) < 4.78 is 6.08.